The van der Waals surface area contributed by atoms with Crippen LogP contribution in [0, 0.1) is 0 Å². The van der Waals surface area contributed by atoms with Gasteiger partial charge in [-0.25, -0.2) is 0 Å². The molecule has 3 N–H and O–H groups in total. The molecule has 0 saturated heterocycles. The molecule has 0 amide bonds. The zero-order valence-electron chi connectivity index (χ0n) is 7.21. The molecule has 0 saturated carbocycles. The lowest BCUT2D eigenvalue weighted by Gasteiger charge is -2.14. The van der Waals surface area contributed by atoms with Gasteiger partial charge in [-0.2, -0.15) is 11.3 Å². The van der Waals surface area contributed by atoms with E-state index in [2.05, 4.69) is 28.8 Å². The van der Waals surface area contributed by atoms with Gasteiger partial charge in [-0.05, 0) is 35.7 Å². The van der Waals surface area contributed by atoms with Crippen LogP contribution in [-0.2, 0) is 6.42 Å². The second-order valence-electron chi connectivity index (χ2n) is 2.90. The zero-order valence-corrected chi connectivity index (χ0v) is 8.03. The van der Waals surface area contributed by atoms with Crippen LogP contribution in [0.5, 0.6) is 0 Å². The topological polar surface area (TPSA) is 38.0 Å². The quantitative estimate of drug-likeness (QED) is 0.422. The highest BCUT2D eigenvalue weighted by atomic mass is 32.1. The van der Waals surface area contributed by atoms with Gasteiger partial charge in [0.25, 0.3) is 0 Å². The van der Waals surface area contributed by atoms with Gasteiger partial charge in [-0.1, -0.05) is 12.2 Å². The maximum atomic E-state index is 5.38. The molecule has 0 aliphatic heterocycles. The van der Waals surface area contributed by atoms with E-state index in [1.54, 1.807) is 11.3 Å². The second-order valence-corrected chi connectivity index (χ2v) is 3.68. The van der Waals surface area contributed by atoms with Gasteiger partial charge < -0.3 is 0 Å². The van der Waals surface area contributed by atoms with Crippen LogP contribution in [0.15, 0.2) is 29.0 Å². The Bertz CT molecular complexity index is 241. The fourth-order valence-corrected chi connectivity index (χ4v) is 1.70. The Kier molecular flexibility index (Phi) is 3.47. The summed E-state index contributed by atoms with van der Waals surface area (Å²) in [5, 5.41) is 4.20. The predicted octanol–water partition coefficient (Wildman–Crippen LogP) is 1.70. The van der Waals surface area contributed by atoms with Gasteiger partial charge >= 0.3 is 0 Å². The lowest BCUT2D eigenvalue weighted by molar-refractivity contribution is 0.592. The standard InChI is InChI=1S/C9H14N2S/c1-7(2)9(11-10)5-8-3-4-12-6-8/h3-4,6,9,11H,1,5,10H2,2H3. The van der Waals surface area contributed by atoms with Crippen molar-refractivity contribution in [2.45, 2.75) is 19.4 Å². The molecule has 0 radical (unpaired) electrons. The number of hydrogen-bond donors (Lipinski definition) is 2. The van der Waals surface area contributed by atoms with E-state index in [4.69, 9.17) is 5.84 Å². The summed E-state index contributed by atoms with van der Waals surface area (Å²) in [6, 6.07) is 2.30. The molecule has 0 aromatic carbocycles. The number of hydrazine groups is 1. The molecule has 12 heavy (non-hydrogen) atoms. The highest BCUT2D eigenvalue weighted by Gasteiger charge is 2.07. The molecule has 0 aliphatic rings. The van der Waals surface area contributed by atoms with Crippen LogP contribution in [0.25, 0.3) is 0 Å². The van der Waals surface area contributed by atoms with Crippen molar-refractivity contribution in [3.8, 4) is 0 Å². The maximum absolute atomic E-state index is 5.38. The molecular weight excluding hydrogens is 168 g/mol. The van der Waals surface area contributed by atoms with Crippen LogP contribution < -0.4 is 11.3 Å². The Morgan fingerprint density at radius 1 is 1.83 bits per heavy atom. The van der Waals surface area contributed by atoms with Crippen LogP contribution in [0.4, 0.5) is 0 Å². The van der Waals surface area contributed by atoms with Gasteiger partial charge in [0.2, 0.25) is 0 Å². The van der Waals surface area contributed by atoms with Gasteiger partial charge in [0.1, 0.15) is 0 Å². The maximum Gasteiger partial charge on any atom is 0.0455 e. The van der Waals surface area contributed by atoms with Gasteiger partial charge in [-0.3, -0.25) is 11.3 Å². The molecule has 1 aromatic rings. The van der Waals surface area contributed by atoms with Crippen molar-refractivity contribution in [2.75, 3.05) is 0 Å². The van der Waals surface area contributed by atoms with Gasteiger partial charge in [0.15, 0.2) is 0 Å². The minimum atomic E-state index is 0.194. The number of rotatable bonds is 4. The Morgan fingerprint density at radius 2 is 2.58 bits per heavy atom. The molecule has 2 nitrogen and oxygen atoms in total. The summed E-state index contributed by atoms with van der Waals surface area (Å²) in [7, 11) is 0. The monoisotopic (exact) mass is 182 g/mol. The molecule has 0 aliphatic carbocycles. The molecule has 66 valence electrons. The lowest BCUT2D eigenvalue weighted by atomic mass is 10.0. The zero-order chi connectivity index (χ0) is 8.97. The molecule has 0 bridgehead atoms. The third-order valence-electron chi connectivity index (χ3n) is 1.82. The minimum absolute atomic E-state index is 0.194. The first-order valence-corrected chi connectivity index (χ1v) is 4.81. The second kappa shape index (κ2) is 4.40. The summed E-state index contributed by atoms with van der Waals surface area (Å²) >= 11 is 1.71. The SMILES string of the molecule is C=C(C)C(Cc1ccsc1)NN. The van der Waals surface area contributed by atoms with Crippen molar-refractivity contribution >= 4 is 11.3 Å². The molecule has 1 aromatic heterocycles. The first-order chi connectivity index (χ1) is 5.74. The van der Waals surface area contributed by atoms with Crippen molar-refractivity contribution in [3.63, 3.8) is 0 Å². The summed E-state index contributed by atoms with van der Waals surface area (Å²) in [5.74, 6) is 5.38. The molecule has 1 heterocycles. The van der Waals surface area contributed by atoms with E-state index in [9.17, 15) is 0 Å². The van der Waals surface area contributed by atoms with E-state index in [1.807, 2.05) is 6.92 Å². The molecule has 1 rings (SSSR count). The van der Waals surface area contributed by atoms with E-state index < -0.39 is 0 Å². The van der Waals surface area contributed by atoms with Crippen LogP contribution in [0.1, 0.15) is 12.5 Å². The lowest BCUT2D eigenvalue weighted by Crippen LogP contribution is -2.37. The van der Waals surface area contributed by atoms with Gasteiger partial charge in [-0.15, -0.1) is 0 Å². The van der Waals surface area contributed by atoms with Crippen LogP contribution in [0.3, 0.4) is 0 Å². The van der Waals surface area contributed by atoms with E-state index in [0.29, 0.717) is 0 Å². The Labute approximate surface area is 77.1 Å². The minimum Gasteiger partial charge on any atom is -0.271 e. The fourth-order valence-electron chi connectivity index (χ4n) is 1.02. The molecular formula is C9H14N2S. The number of hydrogen-bond acceptors (Lipinski definition) is 3. The largest absolute Gasteiger partial charge is 0.271 e. The third-order valence-corrected chi connectivity index (χ3v) is 2.55. The Hall–Kier alpha value is -0.640. The summed E-state index contributed by atoms with van der Waals surface area (Å²) in [4.78, 5) is 0. The fraction of sp³-hybridized carbons (Fsp3) is 0.333. The van der Waals surface area contributed by atoms with Crippen molar-refractivity contribution in [2.24, 2.45) is 5.84 Å². The number of thiophene rings is 1. The molecule has 0 fully saturated rings. The normalized spacial score (nSPS) is 12.8. The molecule has 1 unspecified atom stereocenters. The number of nitrogens with one attached hydrogen (secondary N) is 1. The van der Waals surface area contributed by atoms with Crippen molar-refractivity contribution in [1.82, 2.24) is 5.43 Å². The first kappa shape index (κ1) is 9.45. The highest BCUT2D eigenvalue weighted by Crippen LogP contribution is 2.11. The van der Waals surface area contributed by atoms with Crippen LogP contribution in [-0.4, -0.2) is 6.04 Å². The van der Waals surface area contributed by atoms with Crippen molar-refractivity contribution in [3.05, 3.63) is 34.5 Å². The van der Waals surface area contributed by atoms with E-state index in [-0.39, 0.29) is 6.04 Å². The average molecular weight is 182 g/mol. The Balaban J connectivity index is 2.54. The first-order valence-electron chi connectivity index (χ1n) is 3.86. The average Bonchev–Trinajstić information content (AvgIpc) is 2.51. The number of nitrogens with two attached hydrogens (primary N) is 1. The molecule has 0 spiro atoms. The summed E-state index contributed by atoms with van der Waals surface area (Å²) < 4.78 is 0. The van der Waals surface area contributed by atoms with E-state index in [0.717, 1.165) is 12.0 Å². The highest BCUT2D eigenvalue weighted by molar-refractivity contribution is 7.07. The summed E-state index contributed by atoms with van der Waals surface area (Å²) in [6.45, 7) is 5.85. The molecule has 3 heteroatoms. The third kappa shape index (κ3) is 2.44. The van der Waals surface area contributed by atoms with Gasteiger partial charge in [0.05, 0.1) is 0 Å². The smallest absolute Gasteiger partial charge is 0.0455 e. The van der Waals surface area contributed by atoms with Crippen LogP contribution >= 0.6 is 11.3 Å². The van der Waals surface area contributed by atoms with E-state index in [1.165, 1.54) is 5.56 Å². The predicted molar refractivity (Wildman–Crippen MR) is 53.9 cm³/mol. The van der Waals surface area contributed by atoms with Crippen molar-refractivity contribution < 1.29 is 0 Å². The summed E-state index contributed by atoms with van der Waals surface area (Å²) in [6.07, 6.45) is 0.926. The summed E-state index contributed by atoms with van der Waals surface area (Å²) in [5.41, 5.74) is 5.13. The van der Waals surface area contributed by atoms with Crippen molar-refractivity contribution in [1.29, 1.82) is 0 Å². The molecule has 1 atom stereocenters. The van der Waals surface area contributed by atoms with Crippen LogP contribution in [0.2, 0.25) is 0 Å². The van der Waals surface area contributed by atoms with E-state index >= 15 is 0 Å². The Morgan fingerprint density at radius 3 is 3.00 bits per heavy atom. The van der Waals surface area contributed by atoms with Gasteiger partial charge in [0, 0.05) is 6.04 Å².